The fraction of sp³-hybridized carbons (Fsp3) is 0.457. The highest BCUT2D eigenvalue weighted by Crippen LogP contribution is 2.30. The van der Waals surface area contributed by atoms with Crippen molar-refractivity contribution < 1.29 is 38.3 Å². The molecule has 62 heavy (non-hydrogen) atoms. The van der Waals surface area contributed by atoms with Crippen LogP contribution in [0.1, 0.15) is 102 Å². The fourth-order valence-electron chi connectivity index (χ4n) is 8.38. The molecule has 0 bridgehead atoms. The SMILES string of the molecule is CN[C@@H](C)C(=O)N[C@@H](CCC(=O)OC)C(=O)N1C[C@@H](NC(=O)c2cccc(C(=O)N[C@@H]3CN[C@H](C(=O)N[C@@H]4CCCc5ccccc54)C3)c2)CC1C(=O)N[C@H](C)c1ccccc1. The molecule has 16 nitrogen and oxygen atoms in total. The van der Waals surface area contributed by atoms with Gasteiger partial charge in [0, 0.05) is 42.7 Å². The summed E-state index contributed by atoms with van der Waals surface area (Å²) in [5, 5.41) is 20.9. The summed E-state index contributed by atoms with van der Waals surface area (Å²) in [7, 11) is 2.83. The summed E-state index contributed by atoms with van der Waals surface area (Å²) in [6.07, 6.45) is 3.09. The van der Waals surface area contributed by atoms with Gasteiger partial charge >= 0.3 is 5.97 Å². The molecule has 2 aliphatic heterocycles. The molecule has 16 heteroatoms. The largest absolute Gasteiger partial charge is 0.469 e. The molecule has 3 aromatic carbocycles. The number of aryl methyl sites for hydroxylation is 1. The van der Waals surface area contributed by atoms with Crippen LogP contribution in [0.15, 0.2) is 78.9 Å². The molecule has 1 aliphatic carbocycles. The van der Waals surface area contributed by atoms with Gasteiger partial charge < -0.3 is 46.9 Å². The van der Waals surface area contributed by atoms with Gasteiger partial charge in [0.05, 0.1) is 31.3 Å². The molecule has 7 N–H and O–H groups in total. The second kappa shape index (κ2) is 21.1. The molecule has 0 aromatic heterocycles. The van der Waals surface area contributed by atoms with Crippen LogP contribution in [0.2, 0.25) is 0 Å². The van der Waals surface area contributed by atoms with Gasteiger partial charge in [-0.15, -0.1) is 0 Å². The van der Waals surface area contributed by atoms with E-state index in [1.165, 1.54) is 23.6 Å². The molecule has 8 atom stereocenters. The molecule has 0 radical (unpaired) electrons. The number of nitrogens with one attached hydrogen (secondary N) is 7. The lowest BCUT2D eigenvalue weighted by Crippen LogP contribution is -2.56. The third-order valence-electron chi connectivity index (χ3n) is 12.0. The Kier molecular flexibility index (Phi) is 15.5. The Morgan fingerprint density at radius 2 is 1.50 bits per heavy atom. The van der Waals surface area contributed by atoms with Gasteiger partial charge in [-0.05, 0) is 94.3 Å². The van der Waals surface area contributed by atoms with Gasteiger partial charge in [0.2, 0.25) is 23.6 Å². The first-order valence-electron chi connectivity index (χ1n) is 21.4. The highest BCUT2D eigenvalue weighted by molar-refractivity contribution is 6.00. The van der Waals surface area contributed by atoms with Gasteiger partial charge in [-0.25, -0.2) is 0 Å². The van der Waals surface area contributed by atoms with E-state index >= 15 is 0 Å². The highest BCUT2D eigenvalue weighted by Gasteiger charge is 2.43. The van der Waals surface area contributed by atoms with Crippen LogP contribution in [0, 0.1) is 0 Å². The van der Waals surface area contributed by atoms with Gasteiger partial charge in [-0.3, -0.25) is 33.6 Å². The molecule has 0 saturated carbocycles. The van der Waals surface area contributed by atoms with Gasteiger partial charge in [0.15, 0.2) is 0 Å². The Bertz CT molecular complexity index is 2120. The maximum Gasteiger partial charge on any atom is 0.305 e. The summed E-state index contributed by atoms with van der Waals surface area (Å²) in [5.74, 6) is -3.11. The Labute approximate surface area is 362 Å². The average molecular weight is 851 g/mol. The van der Waals surface area contributed by atoms with Crippen LogP contribution in [-0.4, -0.2) is 110 Å². The van der Waals surface area contributed by atoms with Crippen LogP contribution in [0.3, 0.4) is 0 Å². The van der Waals surface area contributed by atoms with E-state index in [1.807, 2.05) is 49.4 Å². The lowest BCUT2D eigenvalue weighted by atomic mass is 9.87. The minimum absolute atomic E-state index is 0.0502. The highest BCUT2D eigenvalue weighted by atomic mass is 16.5. The number of fused-ring (bicyclic) bond motifs is 1. The van der Waals surface area contributed by atoms with E-state index < -0.39 is 71.8 Å². The predicted octanol–water partition coefficient (Wildman–Crippen LogP) is 1.96. The Balaban J connectivity index is 1.10. The van der Waals surface area contributed by atoms with Crippen molar-refractivity contribution in [3.63, 3.8) is 0 Å². The summed E-state index contributed by atoms with van der Waals surface area (Å²) in [4.78, 5) is 95.2. The predicted molar refractivity (Wildman–Crippen MR) is 230 cm³/mol. The monoisotopic (exact) mass is 850 g/mol. The van der Waals surface area contributed by atoms with E-state index in [9.17, 15) is 33.6 Å². The number of nitrogens with zero attached hydrogens (tertiary/aromatic N) is 1. The van der Waals surface area contributed by atoms with Crippen molar-refractivity contribution in [1.29, 1.82) is 0 Å². The molecule has 1 unspecified atom stereocenters. The minimum Gasteiger partial charge on any atom is -0.469 e. The molecule has 2 fully saturated rings. The molecule has 3 aromatic rings. The fourth-order valence-corrected chi connectivity index (χ4v) is 8.38. The molecular weight excluding hydrogens is 793 g/mol. The van der Waals surface area contributed by atoms with Crippen LogP contribution < -0.4 is 37.2 Å². The first-order valence-corrected chi connectivity index (χ1v) is 21.4. The first-order chi connectivity index (χ1) is 29.8. The second-order valence-electron chi connectivity index (χ2n) is 16.3. The number of methoxy groups -OCH3 is 1. The van der Waals surface area contributed by atoms with Crippen molar-refractivity contribution in [1.82, 2.24) is 42.1 Å². The van der Waals surface area contributed by atoms with E-state index in [4.69, 9.17) is 4.74 Å². The van der Waals surface area contributed by atoms with E-state index in [1.54, 1.807) is 32.2 Å². The summed E-state index contributed by atoms with van der Waals surface area (Å²) >= 11 is 0. The van der Waals surface area contributed by atoms with Gasteiger partial charge in [-0.2, -0.15) is 0 Å². The van der Waals surface area contributed by atoms with Crippen molar-refractivity contribution in [2.24, 2.45) is 0 Å². The molecule has 2 saturated heterocycles. The first kappa shape index (κ1) is 45.4. The molecule has 330 valence electrons. The molecule has 6 amide bonds. The number of hydrogen-bond donors (Lipinski definition) is 7. The number of likely N-dealkylation sites (N-methyl/N-ethyl adjacent to an activating group) is 1. The quantitative estimate of drug-likeness (QED) is 0.104. The van der Waals surface area contributed by atoms with Crippen molar-refractivity contribution >= 4 is 41.4 Å². The lowest BCUT2D eigenvalue weighted by molar-refractivity contribution is -0.144. The summed E-state index contributed by atoms with van der Waals surface area (Å²) in [6, 6.07) is 19.0. The van der Waals surface area contributed by atoms with Crippen LogP contribution in [0.25, 0.3) is 0 Å². The number of rotatable bonds is 16. The third-order valence-corrected chi connectivity index (χ3v) is 12.0. The molecule has 2 heterocycles. The molecule has 0 spiro atoms. The van der Waals surface area contributed by atoms with E-state index in [2.05, 4.69) is 49.4 Å². The van der Waals surface area contributed by atoms with E-state index in [0.717, 1.165) is 30.4 Å². The van der Waals surface area contributed by atoms with Crippen LogP contribution in [0.4, 0.5) is 0 Å². The Morgan fingerprint density at radius 3 is 2.21 bits per heavy atom. The van der Waals surface area contributed by atoms with Gasteiger partial charge in [0.25, 0.3) is 11.8 Å². The minimum atomic E-state index is -1.17. The topological polar surface area (TPSA) is 216 Å². The number of hydrogen-bond acceptors (Lipinski definition) is 10. The van der Waals surface area contributed by atoms with E-state index in [0.29, 0.717) is 13.0 Å². The number of carbonyl (C=O) groups excluding carboxylic acids is 7. The zero-order valence-electron chi connectivity index (χ0n) is 35.7. The van der Waals surface area contributed by atoms with Gasteiger partial charge in [0.1, 0.15) is 12.1 Å². The maximum absolute atomic E-state index is 14.3. The van der Waals surface area contributed by atoms with Crippen LogP contribution in [0.5, 0.6) is 0 Å². The molecule has 6 rings (SSSR count). The molecule has 3 aliphatic rings. The number of esters is 1. The number of amides is 6. The summed E-state index contributed by atoms with van der Waals surface area (Å²) in [6.45, 7) is 3.79. The normalized spacial score (nSPS) is 21.9. The van der Waals surface area contributed by atoms with Crippen LogP contribution >= 0.6 is 0 Å². The maximum atomic E-state index is 14.3. The standard InChI is InChI=1S/C46H58N8O8/c1-27(29-12-6-5-7-13-29)49-45(60)39-24-34(26-54(39)46(61)37(20-21-40(55)62-4)53-41(56)28(2)47-3)51-43(58)32-17-10-16-31(22-32)42(57)50-33-23-38(48-25-33)44(59)52-36-19-11-15-30-14-8-9-18-35(30)36/h5-10,12-14,16-18,22,27-28,33-34,36-39,47-48H,11,15,19-21,23-26H2,1-4H3,(H,49,60)(H,50,57)(H,51,58)(H,52,59)(H,53,56)/t27-,28+,33+,34+,36-,37+,38+,39?/m1/s1. The third kappa shape index (κ3) is 11.4. The Hall–Kier alpha value is -6.13. The molecular formula is C46H58N8O8. The summed E-state index contributed by atoms with van der Waals surface area (Å²) in [5.41, 5.74) is 3.70. The second-order valence-corrected chi connectivity index (χ2v) is 16.3. The zero-order chi connectivity index (χ0) is 44.3. The smallest absolute Gasteiger partial charge is 0.305 e. The summed E-state index contributed by atoms with van der Waals surface area (Å²) < 4.78 is 4.79. The number of carbonyl (C=O) groups is 7. The van der Waals surface area contributed by atoms with Crippen molar-refractivity contribution in [2.45, 2.75) is 107 Å². The number of likely N-dealkylation sites (tertiary alicyclic amines) is 1. The number of ether oxygens (including phenoxy) is 1. The van der Waals surface area contributed by atoms with Crippen molar-refractivity contribution in [3.8, 4) is 0 Å². The average Bonchev–Trinajstić information content (AvgIpc) is 3.95. The van der Waals surface area contributed by atoms with Crippen LogP contribution in [-0.2, 0) is 35.1 Å². The van der Waals surface area contributed by atoms with Crippen molar-refractivity contribution in [3.05, 3.63) is 107 Å². The number of benzene rings is 3. The van der Waals surface area contributed by atoms with E-state index in [-0.39, 0.29) is 54.9 Å². The van der Waals surface area contributed by atoms with Gasteiger partial charge in [-0.1, -0.05) is 60.7 Å². The Morgan fingerprint density at radius 1 is 0.806 bits per heavy atom. The lowest BCUT2D eigenvalue weighted by Gasteiger charge is -2.30. The van der Waals surface area contributed by atoms with Crippen molar-refractivity contribution in [2.75, 3.05) is 27.2 Å². The zero-order valence-corrected chi connectivity index (χ0v) is 35.7.